The van der Waals surface area contributed by atoms with E-state index in [4.69, 9.17) is 0 Å². The van der Waals surface area contributed by atoms with Crippen LogP contribution in [0.4, 0.5) is 4.39 Å². The molecule has 1 unspecified atom stereocenters. The van der Waals surface area contributed by atoms with Crippen LogP contribution in [0, 0.1) is 5.82 Å². The molecular weight excluding hydrogens is 281 g/mol. The highest BCUT2D eigenvalue weighted by atomic mass is 19.1. The van der Waals surface area contributed by atoms with Gasteiger partial charge in [0.15, 0.2) is 0 Å². The molecule has 1 aliphatic rings. The zero-order chi connectivity index (χ0) is 15.7. The quantitative estimate of drug-likeness (QED) is 0.925. The number of fused-ring (bicyclic) bond motifs is 1. The Morgan fingerprint density at radius 2 is 2.09 bits per heavy atom. The summed E-state index contributed by atoms with van der Waals surface area (Å²) in [5, 5.41) is 9.80. The van der Waals surface area contributed by atoms with E-state index in [1.165, 1.54) is 6.07 Å². The number of nitrogens with zero attached hydrogens (tertiary/aromatic N) is 1. The number of aromatic hydroxyl groups is 1. The Hall–Kier alpha value is -2.36. The van der Waals surface area contributed by atoms with Crippen LogP contribution in [-0.4, -0.2) is 22.5 Å². The molecule has 0 fully saturated rings. The number of para-hydroxylation sites is 1. The lowest BCUT2D eigenvalue weighted by Crippen LogP contribution is -2.39. The Bertz CT molecular complexity index is 714. The first kappa shape index (κ1) is 14.6. The second-order valence-corrected chi connectivity index (χ2v) is 5.66. The fraction of sp³-hybridized carbons (Fsp3) is 0.278. The highest BCUT2D eigenvalue weighted by Crippen LogP contribution is 2.30. The van der Waals surface area contributed by atoms with Gasteiger partial charge in [-0.25, -0.2) is 4.39 Å². The number of phenolic OH excluding ortho intramolecular Hbond substituents is 1. The van der Waals surface area contributed by atoms with E-state index in [9.17, 15) is 14.3 Å². The highest BCUT2D eigenvalue weighted by molar-refractivity contribution is 5.80. The molecule has 3 nitrogen and oxygen atoms in total. The fourth-order valence-electron chi connectivity index (χ4n) is 3.07. The van der Waals surface area contributed by atoms with Crippen molar-refractivity contribution in [2.45, 2.75) is 25.8 Å². The maximum absolute atomic E-state index is 13.3. The Labute approximate surface area is 129 Å². The van der Waals surface area contributed by atoms with E-state index < -0.39 is 0 Å². The van der Waals surface area contributed by atoms with Crippen LogP contribution >= 0.6 is 0 Å². The van der Waals surface area contributed by atoms with Crippen LogP contribution < -0.4 is 0 Å². The Kier molecular flexibility index (Phi) is 3.84. The van der Waals surface area contributed by atoms with Crippen molar-refractivity contribution in [3.63, 3.8) is 0 Å². The number of carbonyl (C=O) groups is 1. The van der Waals surface area contributed by atoms with Crippen molar-refractivity contribution in [2.24, 2.45) is 0 Å². The second-order valence-electron chi connectivity index (χ2n) is 5.66. The SMILES string of the molecule is CC1c2ccc(F)cc2CCN1C(=O)Cc1ccccc1O. The van der Waals surface area contributed by atoms with Crippen molar-refractivity contribution < 1.29 is 14.3 Å². The van der Waals surface area contributed by atoms with Crippen LogP contribution in [-0.2, 0) is 17.6 Å². The minimum absolute atomic E-state index is 0.0241. The Morgan fingerprint density at radius 1 is 1.32 bits per heavy atom. The topological polar surface area (TPSA) is 40.5 Å². The summed E-state index contributed by atoms with van der Waals surface area (Å²) in [6, 6.07) is 11.5. The van der Waals surface area contributed by atoms with Crippen molar-refractivity contribution in [3.05, 3.63) is 65.0 Å². The Morgan fingerprint density at radius 3 is 2.86 bits per heavy atom. The van der Waals surface area contributed by atoms with Crippen LogP contribution in [0.2, 0.25) is 0 Å². The molecule has 22 heavy (non-hydrogen) atoms. The minimum atomic E-state index is -0.236. The van der Waals surface area contributed by atoms with Gasteiger partial charge in [-0.3, -0.25) is 4.79 Å². The second kappa shape index (κ2) is 5.79. The van der Waals surface area contributed by atoms with E-state index in [1.54, 1.807) is 41.3 Å². The number of phenols is 1. The van der Waals surface area contributed by atoms with E-state index >= 15 is 0 Å². The maximum Gasteiger partial charge on any atom is 0.227 e. The molecule has 0 saturated heterocycles. The molecule has 0 saturated carbocycles. The highest BCUT2D eigenvalue weighted by Gasteiger charge is 2.28. The summed E-state index contributed by atoms with van der Waals surface area (Å²) < 4.78 is 13.3. The first-order valence-corrected chi connectivity index (χ1v) is 7.41. The number of rotatable bonds is 2. The predicted molar refractivity (Wildman–Crippen MR) is 82.0 cm³/mol. The van der Waals surface area contributed by atoms with E-state index in [-0.39, 0.29) is 29.9 Å². The van der Waals surface area contributed by atoms with Crippen LogP contribution in [0.5, 0.6) is 5.75 Å². The molecule has 114 valence electrons. The third-order valence-corrected chi connectivity index (χ3v) is 4.30. The summed E-state index contributed by atoms with van der Waals surface area (Å²) in [4.78, 5) is 14.3. The molecule has 1 amide bonds. The largest absolute Gasteiger partial charge is 0.508 e. The van der Waals surface area contributed by atoms with Crippen LogP contribution in [0.1, 0.15) is 29.7 Å². The van der Waals surface area contributed by atoms with E-state index in [0.717, 1.165) is 11.1 Å². The summed E-state index contributed by atoms with van der Waals surface area (Å²) in [6.45, 7) is 2.53. The summed E-state index contributed by atoms with van der Waals surface area (Å²) in [7, 11) is 0. The van der Waals surface area contributed by atoms with E-state index in [1.807, 2.05) is 6.92 Å². The summed E-state index contributed by atoms with van der Waals surface area (Å²) in [6.07, 6.45) is 0.831. The molecular formula is C18H18FNO2. The normalized spacial score (nSPS) is 17.2. The summed E-state index contributed by atoms with van der Waals surface area (Å²) >= 11 is 0. The third kappa shape index (κ3) is 2.69. The van der Waals surface area contributed by atoms with Gasteiger partial charge >= 0.3 is 0 Å². The average Bonchev–Trinajstić information content (AvgIpc) is 2.49. The number of amides is 1. The van der Waals surface area contributed by atoms with Gasteiger partial charge in [-0.1, -0.05) is 24.3 Å². The molecule has 1 atom stereocenters. The molecule has 4 heteroatoms. The van der Waals surface area contributed by atoms with Gasteiger partial charge in [-0.05, 0) is 42.7 Å². The molecule has 0 spiro atoms. The van der Waals surface area contributed by atoms with Crippen LogP contribution in [0.3, 0.4) is 0 Å². The molecule has 1 aliphatic heterocycles. The number of halogens is 1. The van der Waals surface area contributed by atoms with Crippen LogP contribution in [0.25, 0.3) is 0 Å². The van der Waals surface area contributed by atoms with Crippen molar-refractivity contribution in [1.29, 1.82) is 0 Å². The molecule has 1 N–H and O–H groups in total. The van der Waals surface area contributed by atoms with Crippen molar-refractivity contribution >= 4 is 5.91 Å². The lowest BCUT2D eigenvalue weighted by Gasteiger charge is -2.35. The maximum atomic E-state index is 13.3. The molecule has 0 radical (unpaired) electrons. The van der Waals surface area contributed by atoms with Crippen molar-refractivity contribution in [2.75, 3.05) is 6.54 Å². The lowest BCUT2D eigenvalue weighted by molar-refractivity contribution is -0.133. The van der Waals surface area contributed by atoms with Crippen molar-refractivity contribution in [3.8, 4) is 5.75 Å². The molecule has 2 aromatic carbocycles. The smallest absolute Gasteiger partial charge is 0.227 e. The van der Waals surface area contributed by atoms with Gasteiger partial charge < -0.3 is 10.0 Å². The number of benzene rings is 2. The zero-order valence-corrected chi connectivity index (χ0v) is 12.4. The van der Waals surface area contributed by atoms with E-state index in [2.05, 4.69) is 0 Å². The first-order valence-electron chi connectivity index (χ1n) is 7.41. The Balaban J connectivity index is 1.80. The summed E-state index contributed by atoms with van der Waals surface area (Å²) in [5.74, 6) is -0.119. The zero-order valence-electron chi connectivity index (χ0n) is 12.4. The third-order valence-electron chi connectivity index (χ3n) is 4.30. The van der Waals surface area contributed by atoms with Crippen molar-refractivity contribution in [1.82, 2.24) is 4.90 Å². The minimum Gasteiger partial charge on any atom is -0.508 e. The molecule has 0 aromatic heterocycles. The molecule has 0 aliphatic carbocycles. The monoisotopic (exact) mass is 299 g/mol. The van der Waals surface area contributed by atoms with Gasteiger partial charge in [0.2, 0.25) is 5.91 Å². The number of hydrogen-bond acceptors (Lipinski definition) is 2. The lowest BCUT2D eigenvalue weighted by atomic mass is 9.93. The van der Waals surface area contributed by atoms with Gasteiger partial charge in [0.1, 0.15) is 11.6 Å². The van der Waals surface area contributed by atoms with Gasteiger partial charge in [-0.2, -0.15) is 0 Å². The average molecular weight is 299 g/mol. The number of carbonyl (C=O) groups excluding carboxylic acids is 1. The number of hydrogen-bond donors (Lipinski definition) is 1. The van der Waals surface area contributed by atoms with Gasteiger partial charge in [-0.15, -0.1) is 0 Å². The molecule has 0 bridgehead atoms. The van der Waals surface area contributed by atoms with Gasteiger partial charge in [0.05, 0.1) is 12.5 Å². The van der Waals surface area contributed by atoms with E-state index in [0.29, 0.717) is 18.5 Å². The molecule has 1 heterocycles. The van der Waals surface area contributed by atoms with Gasteiger partial charge in [0.25, 0.3) is 0 Å². The predicted octanol–water partition coefficient (Wildman–Crippen LogP) is 3.22. The molecule has 3 rings (SSSR count). The standard InChI is InChI=1S/C18H18FNO2/c1-12-16-7-6-15(19)10-13(16)8-9-20(12)18(22)11-14-4-2-3-5-17(14)21/h2-7,10,12,21H,8-9,11H2,1H3. The summed E-state index contributed by atoms with van der Waals surface area (Å²) in [5.41, 5.74) is 2.60. The van der Waals surface area contributed by atoms with Crippen LogP contribution in [0.15, 0.2) is 42.5 Å². The molecule has 2 aromatic rings. The first-order chi connectivity index (χ1) is 10.6. The van der Waals surface area contributed by atoms with Gasteiger partial charge in [0, 0.05) is 12.1 Å². The fourth-order valence-corrected chi connectivity index (χ4v) is 3.07.